The molecule has 16 rings (SSSR count). The van der Waals surface area contributed by atoms with Crippen LogP contribution >= 0.6 is 0 Å². The Hall–Kier alpha value is -2.40. The van der Waals surface area contributed by atoms with Crippen molar-refractivity contribution in [3.8, 4) is 0 Å². The van der Waals surface area contributed by atoms with Crippen molar-refractivity contribution in [2.24, 2.45) is 225 Å². The molecule has 0 aromatic carbocycles. The van der Waals surface area contributed by atoms with Gasteiger partial charge in [0, 0.05) is 37.9 Å². The third kappa shape index (κ3) is 35.3. The van der Waals surface area contributed by atoms with Crippen LogP contribution in [0.5, 0.6) is 0 Å². The monoisotopic (exact) mass is 2090 g/mol. The normalized spacial score (nSPS) is 46.7. The molecular weight excluding hydrogens is 1850 g/mol. The van der Waals surface area contributed by atoms with E-state index in [1.807, 2.05) is 41.5 Å². The maximum atomic E-state index is 14.6. The molecule has 0 spiro atoms. The number of carbonyl (C=O) groups excluding carboxylic acids is 4. The molecule has 10 nitrogen and oxygen atoms in total. The van der Waals surface area contributed by atoms with E-state index in [9.17, 15) is 71.9 Å². The molecule has 22 heteroatoms. The molecule has 0 aliphatic heterocycles. The van der Waals surface area contributed by atoms with Crippen LogP contribution in [-0.2, 0) is 19.2 Å². The smallest absolute Gasteiger partial charge is 0.142 e. The van der Waals surface area contributed by atoms with Crippen LogP contribution in [0.4, 0.5) is 52.7 Å². The topological polar surface area (TPSA) is 257 Å². The Morgan fingerprint density at radius 2 is 0.306 bits per heavy atom. The fourth-order valence-electron chi connectivity index (χ4n) is 32.6. The molecule has 16 fully saturated rings. The summed E-state index contributed by atoms with van der Waals surface area (Å²) in [6.45, 7) is 36.6. The third-order valence-corrected chi connectivity index (χ3v) is 42.7. The van der Waals surface area contributed by atoms with Crippen LogP contribution in [0.15, 0.2) is 0 Å². The Kier molecular flexibility index (Phi) is 57.2. The van der Waals surface area contributed by atoms with Gasteiger partial charge in [-0.05, 0) is 383 Å². The molecule has 868 valence electrons. The number of halogens is 12. The SMILES string of the molecule is CC1CCC(C(=O)C2C(C)CC(C)C(F)C2F)CC1.CC1CCC(C(=O)C2C(C)CC(C)C(F)C2F)CC1.CC1CCC(C2CCC(C(=O)C3C(C)CC(C)C(F)C3F)CC2)CC1.CC1CCC(C2CCC(C(=O)C3C(C)CC(C)C(F)C3F)CC2)CC1.CC1CCC(C2CCC(CCC3C(C)CC(C)C(F)C3F)CC2)CC1.CC1CCC(C2CCC(CCC3C(C)CC(C)C(F)C3F)CC2)CC1.O.O.O.O.O.O.[HH].[HH].[HH].[HH].[HH].[HH].[HH].[HH].[HH].[HH]. The Morgan fingerprint density at radius 1 is 0.167 bits per heavy atom. The first-order chi connectivity index (χ1) is 65.5. The van der Waals surface area contributed by atoms with Crippen molar-refractivity contribution in [1.82, 2.24) is 0 Å². The number of hydrogen-bond acceptors (Lipinski definition) is 4. The standard InChI is InChI=1S/2C23H40F2.2C22H36F2O.2C16H26F2O.6H2O.10H2/c2*1-15-4-9-19(10-5-15)20-11-6-18(7-12-20)8-13-21-16(2)14-17(3)22(24)23(21)25;2*1-13-4-6-16(7-5-13)17-8-10-18(11-9-17)22(25)19-14(2)12-15(3)20(23)21(19)24;2*1-9-4-6-12(7-5-9)16(19)13-10(2)8-11(3)14(17)15(13)18;;;;;;;;;;;;;;;;/h2*15-23H,4-14H2,1-3H3;2*13-21H,4-12H2,1-3H3;2*9-15H,4-8H2,1-3H3;6*1H2;10*1H. The average Bonchev–Trinajstić information content (AvgIpc) is 0.765. The maximum absolute atomic E-state index is 14.6. The second-order valence-corrected chi connectivity index (χ2v) is 53.4. The Labute approximate surface area is 882 Å². The minimum atomic E-state index is -1.59. The van der Waals surface area contributed by atoms with Crippen molar-refractivity contribution in [2.75, 3.05) is 0 Å². The molecule has 0 bridgehead atoms. The van der Waals surface area contributed by atoms with Gasteiger partial charge in [0.1, 0.15) is 97.2 Å². The molecule has 0 aromatic rings. The summed E-state index contributed by atoms with van der Waals surface area (Å²) < 4.78 is 171. The minimum Gasteiger partial charge on any atom is -0.412 e. The molecule has 16 aliphatic carbocycles. The molecule has 12 N–H and O–H groups in total. The van der Waals surface area contributed by atoms with Crippen molar-refractivity contribution in [3.05, 3.63) is 0 Å². The highest BCUT2D eigenvalue weighted by molar-refractivity contribution is 5.86. The Bertz CT molecular complexity index is 3340. The second-order valence-electron chi connectivity index (χ2n) is 53.4. The van der Waals surface area contributed by atoms with Gasteiger partial charge in [-0.25, -0.2) is 52.7 Å². The fourth-order valence-corrected chi connectivity index (χ4v) is 32.6. The van der Waals surface area contributed by atoms with E-state index in [2.05, 4.69) is 55.4 Å². The van der Waals surface area contributed by atoms with Crippen LogP contribution in [-0.4, -0.2) is 130 Å². The fraction of sp³-hybridized carbons (Fsp3) is 0.967. The van der Waals surface area contributed by atoms with Gasteiger partial charge in [0.05, 0.1) is 23.7 Å². The van der Waals surface area contributed by atoms with Crippen molar-refractivity contribution in [2.45, 2.75) is 520 Å². The molecule has 30 atom stereocenters. The molecular formula is C122H236F12O10. The van der Waals surface area contributed by atoms with Gasteiger partial charge in [0.2, 0.25) is 0 Å². The summed E-state index contributed by atoms with van der Waals surface area (Å²) >= 11 is 0. The molecule has 144 heavy (non-hydrogen) atoms. The van der Waals surface area contributed by atoms with Crippen LogP contribution in [0.2, 0.25) is 0 Å². The number of carbonyl (C=O) groups is 4. The maximum Gasteiger partial charge on any atom is 0.142 e. The summed E-state index contributed by atoms with van der Waals surface area (Å²) in [7, 11) is 0. The van der Waals surface area contributed by atoms with E-state index in [-0.39, 0.29) is 165 Å². The van der Waals surface area contributed by atoms with Crippen molar-refractivity contribution in [1.29, 1.82) is 0 Å². The van der Waals surface area contributed by atoms with Crippen molar-refractivity contribution >= 4 is 23.1 Å². The number of hydrogen-bond donors (Lipinski definition) is 0. The first kappa shape index (κ1) is 132. The molecule has 16 saturated carbocycles. The molecule has 0 aromatic heterocycles. The summed E-state index contributed by atoms with van der Waals surface area (Å²) in [5, 5.41) is 0. The van der Waals surface area contributed by atoms with Gasteiger partial charge in [-0.3, -0.25) is 19.2 Å². The average molecular weight is 2090 g/mol. The summed E-state index contributed by atoms with van der Waals surface area (Å²) in [4.78, 5) is 50.9. The second kappa shape index (κ2) is 62.4. The van der Waals surface area contributed by atoms with Crippen molar-refractivity contribution in [3.63, 3.8) is 0 Å². The van der Waals surface area contributed by atoms with Gasteiger partial charge >= 0.3 is 0 Å². The lowest BCUT2D eigenvalue weighted by atomic mass is 9.65. The molecule has 0 saturated heterocycles. The zero-order chi connectivity index (χ0) is 101. The quantitative estimate of drug-likeness (QED) is 0.121. The van der Waals surface area contributed by atoms with Gasteiger partial charge in [-0.2, -0.15) is 0 Å². The molecule has 0 radical (unpaired) electrons. The highest BCUT2D eigenvalue weighted by Crippen LogP contribution is 2.54. The van der Waals surface area contributed by atoms with E-state index in [1.165, 1.54) is 154 Å². The lowest BCUT2D eigenvalue weighted by Gasteiger charge is -2.41. The predicted octanol–water partition coefficient (Wildman–Crippen LogP) is 33.3. The van der Waals surface area contributed by atoms with Crippen molar-refractivity contribution < 1.29 is 119 Å². The van der Waals surface area contributed by atoms with Gasteiger partial charge in [-0.1, -0.05) is 240 Å². The lowest BCUT2D eigenvalue weighted by Crippen LogP contribution is -2.47. The van der Waals surface area contributed by atoms with Gasteiger partial charge < -0.3 is 32.9 Å². The van der Waals surface area contributed by atoms with Crippen LogP contribution in [0, 0.1) is 225 Å². The van der Waals surface area contributed by atoms with Gasteiger partial charge in [-0.15, -0.1) is 0 Å². The van der Waals surface area contributed by atoms with Crippen LogP contribution in [0.3, 0.4) is 0 Å². The number of Topliss-reactive ketones (excluding diaryl/α,β-unsaturated/α-hetero) is 4. The predicted molar refractivity (Wildman–Crippen MR) is 587 cm³/mol. The Balaban J connectivity index is -0.000000419. The van der Waals surface area contributed by atoms with E-state index in [1.54, 1.807) is 27.7 Å². The van der Waals surface area contributed by atoms with Gasteiger partial charge in [0.15, 0.2) is 0 Å². The molecule has 0 amide bonds. The summed E-state index contributed by atoms with van der Waals surface area (Å²) in [5.41, 5.74) is 0. The third-order valence-electron chi connectivity index (χ3n) is 42.7. The summed E-state index contributed by atoms with van der Waals surface area (Å²) in [5.74, 6) is 10.0. The van der Waals surface area contributed by atoms with E-state index >= 15 is 0 Å². The first-order valence-corrected chi connectivity index (χ1v) is 59.3. The van der Waals surface area contributed by atoms with Crippen LogP contribution in [0.1, 0.15) is 460 Å². The lowest BCUT2D eigenvalue weighted by molar-refractivity contribution is -0.138. The minimum absolute atomic E-state index is 0. The largest absolute Gasteiger partial charge is 0.412 e. The van der Waals surface area contributed by atoms with E-state index in [4.69, 9.17) is 0 Å². The Morgan fingerprint density at radius 3 is 0.486 bits per heavy atom. The van der Waals surface area contributed by atoms with Gasteiger partial charge in [0.25, 0.3) is 0 Å². The first-order valence-electron chi connectivity index (χ1n) is 59.3. The van der Waals surface area contributed by atoms with E-state index in [0.29, 0.717) is 49.4 Å². The highest BCUT2D eigenvalue weighted by atomic mass is 19.2. The van der Waals surface area contributed by atoms with Crippen LogP contribution < -0.4 is 0 Å². The molecule has 0 heterocycles. The summed E-state index contributed by atoms with van der Waals surface area (Å²) in [6.07, 6.45) is 40.1. The van der Waals surface area contributed by atoms with E-state index < -0.39 is 97.7 Å². The highest BCUT2D eigenvalue weighted by Gasteiger charge is 2.54. The number of ketones is 4. The number of rotatable bonds is 18. The number of alkyl halides is 12. The van der Waals surface area contributed by atoms with Crippen LogP contribution in [0.25, 0.3) is 0 Å². The summed E-state index contributed by atoms with van der Waals surface area (Å²) in [6, 6.07) is 0. The zero-order valence-electron chi connectivity index (χ0n) is 93.4. The zero-order valence-corrected chi connectivity index (χ0v) is 93.4. The van der Waals surface area contributed by atoms with E-state index in [0.717, 1.165) is 224 Å². The molecule has 30 unspecified atom stereocenters. The molecule has 16 aliphatic rings.